The zero-order valence-corrected chi connectivity index (χ0v) is 14.1. The number of para-hydroxylation sites is 2. The van der Waals surface area contributed by atoms with Gasteiger partial charge in [-0.25, -0.2) is 4.79 Å². The number of hydrogen-bond donors (Lipinski definition) is 3. The van der Waals surface area contributed by atoms with E-state index >= 15 is 0 Å². The first-order valence-corrected chi connectivity index (χ1v) is 8.87. The molecule has 2 amide bonds. The molecule has 1 saturated carbocycles. The molecule has 2 aliphatic rings. The smallest absolute Gasteiger partial charge is 0.319 e. The molecule has 0 spiro atoms. The zero-order chi connectivity index (χ0) is 17.2. The molecule has 2 aromatic carbocycles. The third-order valence-corrected chi connectivity index (χ3v) is 5.23. The second kappa shape index (κ2) is 6.67. The van der Waals surface area contributed by atoms with E-state index in [0.29, 0.717) is 12.6 Å². The van der Waals surface area contributed by atoms with E-state index < -0.39 is 0 Å². The minimum atomic E-state index is -0.236. The summed E-state index contributed by atoms with van der Waals surface area (Å²) in [6, 6.07) is 15.3. The lowest BCUT2D eigenvalue weighted by atomic mass is 10.1. The molecule has 4 rings (SSSR count). The fourth-order valence-electron chi connectivity index (χ4n) is 4.06. The van der Waals surface area contributed by atoms with E-state index in [0.717, 1.165) is 29.4 Å². The van der Waals surface area contributed by atoms with Crippen molar-refractivity contribution in [1.29, 1.82) is 0 Å². The van der Waals surface area contributed by atoms with E-state index in [-0.39, 0.29) is 11.8 Å². The number of amides is 2. The number of nitrogens with one attached hydrogen (secondary N) is 2. The first-order chi connectivity index (χ1) is 12.2. The van der Waals surface area contributed by atoms with Crippen molar-refractivity contribution in [2.24, 2.45) is 5.92 Å². The molecule has 5 nitrogen and oxygen atoms in total. The molecular formula is C20H23N3O2. The average molecular weight is 337 g/mol. The van der Waals surface area contributed by atoms with Gasteiger partial charge in [-0.1, -0.05) is 24.3 Å². The number of anilines is 2. The second-order valence-electron chi connectivity index (χ2n) is 6.98. The third kappa shape index (κ3) is 3.40. The standard InChI is InChI=1S/C20H23N3O2/c24-17-5-3-4-14(11-17)12-21-20(25)22-18-6-1-2-7-19(18)23-13-15-8-9-16(23)10-15/h1-7,11,15-16,24H,8-10,12-13H2,(H2,21,22,25)/t15-,16-/m0/s1. The maximum absolute atomic E-state index is 12.3. The SMILES string of the molecule is O=C(NCc1cccc(O)c1)Nc1ccccc1N1C[C@H]2CC[C@H]1C2. The van der Waals surface area contributed by atoms with Crippen molar-refractivity contribution in [1.82, 2.24) is 5.32 Å². The lowest BCUT2D eigenvalue weighted by Gasteiger charge is -2.31. The van der Waals surface area contributed by atoms with Crippen molar-refractivity contribution in [2.45, 2.75) is 31.8 Å². The van der Waals surface area contributed by atoms with Crippen LogP contribution in [0.1, 0.15) is 24.8 Å². The van der Waals surface area contributed by atoms with Gasteiger partial charge >= 0.3 is 6.03 Å². The van der Waals surface area contributed by atoms with Crippen LogP contribution in [-0.4, -0.2) is 23.7 Å². The van der Waals surface area contributed by atoms with Crippen molar-refractivity contribution in [3.05, 3.63) is 54.1 Å². The zero-order valence-electron chi connectivity index (χ0n) is 14.1. The molecule has 25 heavy (non-hydrogen) atoms. The van der Waals surface area contributed by atoms with Crippen molar-refractivity contribution in [3.63, 3.8) is 0 Å². The van der Waals surface area contributed by atoms with Crippen LogP contribution < -0.4 is 15.5 Å². The van der Waals surface area contributed by atoms with E-state index in [1.54, 1.807) is 18.2 Å². The number of phenolic OH excluding ortho intramolecular Hbond substituents is 1. The highest BCUT2D eigenvalue weighted by atomic mass is 16.3. The molecule has 130 valence electrons. The predicted octanol–water partition coefficient (Wildman–Crippen LogP) is 3.70. The Hall–Kier alpha value is -2.69. The maximum atomic E-state index is 12.3. The van der Waals surface area contributed by atoms with Crippen LogP contribution in [0.2, 0.25) is 0 Å². The molecule has 1 aliphatic heterocycles. The number of phenols is 1. The van der Waals surface area contributed by atoms with Crippen LogP contribution in [0.25, 0.3) is 0 Å². The van der Waals surface area contributed by atoms with Gasteiger partial charge in [0.05, 0.1) is 11.4 Å². The fourth-order valence-corrected chi connectivity index (χ4v) is 4.06. The fraction of sp³-hybridized carbons (Fsp3) is 0.350. The van der Waals surface area contributed by atoms with Gasteiger partial charge in [-0.3, -0.25) is 0 Å². The molecule has 0 radical (unpaired) electrons. The van der Waals surface area contributed by atoms with Gasteiger partial charge in [-0.2, -0.15) is 0 Å². The molecule has 3 N–H and O–H groups in total. The highest BCUT2D eigenvalue weighted by Gasteiger charge is 2.38. The van der Waals surface area contributed by atoms with Crippen LogP contribution in [0.5, 0.6) is 5.75 Å². The van der Waals surface area contributed by atoms with Gasteiger partial charge in [0.15, 0.2) is 0 Å². The molecule has 2 fully saturated rings. The van der Waals surface area contributed by atoms with Gasteiger partial charge < -0.3 is 20.6 Å². The number of carbonyl (C=O) groups is 1. The van der Waals surface area contributed by atoms with Crippen LogP contribution in [0.3, 0.4) is 0 Å². The van der Waals surface area contributed by atoms with Crippen LogP contribution >= 0.6 is 0 Å². The highest BCUT2D eigenvalue weighted by Crippen LogP contribution is 2.42. The topological polar surface area (TPSA) is 64.6 Å². The molecular weight excluding hydrogens is 314 g/mol. The molecule has 1 heterocycles. The highest BCUT2D eigenvalue weighted by molar-refractivity contribution is 5.93. The largest absolute Gasteiger partial charge is 0.508 e. The molecule has 0 aromatic heterocycles. The minimum absolute atomic E-state index is 0.203. The number of piperidine rings is 1. The quantitative estimate of drug-likeness (QED) is 0.797. The normalized spacial score (nSPS) is 21.4. The van der Waals surface area contributed by atoms with E-state index in [4.69, 9.17) is 0 Å². The van der Waals surface area contributed by atoms with E-state index in [1.165, 1.54) is 19.3 Å². The van der Waals surface area contributed by atoms with Gasteiger partial charge in [-0.15, -0.1) is 0 Å². The molecule has 1 saturated heterocycles. The van der Waals surface area contributed by atoms with Gasteiger partial charge in [0.2, 0.25) is 0 Å². The van der Waals surface area contributed by atoms with Gasteiger partial charge in [-0.05, 0) is 55.0 Å². The number of benzene rings is 2. The summed E-state index contributed by atoms with van der Waals surface area (Å²) >= 11 is 0. The Labute approximate surface area is 147 Å². The summed E-state index contributed by atoms with van der Waals surface area (Å²) < 4.78 is 0. The summed E-state index contributed by atoms with van der Waals surface area (Å²) in [4.78, 5) is 14.7. The van der Waals surface area contributed by atoms with Crippen molar-refractivity contribution in [2.75, 3.05) is 16.8 Å². The number of rotatable bonds is 4. The van der Waals surface area contributed by atoms with Crippen LogP contribution in [-0.2, 0) is 6.54 Å². The number of carbonyl (C=O) groups excluding carboxylic acids is 1. The Kier molecular flexibility index (Phi) is 4.22. The summed E-state index contributed by atoms with van der Waals surface area (Å²) in [6.07, 6.45) is 3.86. The Bertz CT molecular complexity index is 777. The summed E-state index contributed by atoms with van der Waals surface area (Å²) in [6.45, 7) is 1.46. The summed E-state index contributed by atoms with van der Waals surface area (Å²) in [5, 5.41) is 15.3. The number of hydrogen-bond acceptors (Lipinski definition) is 3. The van der Waals surface area contributed by atoms with E-state index in [2.05, 4.69) is 21.6 Å². The number of nitrogens with zero attached hydrogens (tertiary/aromatic N) is 1. The maximum Gasteiger partial charge on any atom is 0.319 e. The van der Waals surface area contributed by atoms with Crippen LogP contribution in [0, 0.1) is 5.92 Å². The first kappa shape index (κ1) is 15.8. The Balaban J connectivity index is 1.41. The second-order valence-corrected chi connectivity index (χ2v) is 6.98. The molecule has 0 unspecified atom stereocenters. The molecule has 2 bridgehead atoms. The first-order valence-electron chi connectivity index (χ1n) is 8.87. The Morgan fingerprint density at radius 3 is 2.80 bits per heavy atom. The lowest BCUT2D eigenvalue weighted by molar-refractivity contribution is 0.251. The molecule has 2 atom stereocenters. The Morgan fingerprint density at radius 1 is 1.16 bits per heavy atom. The van der Waals surface area contributed by atoms with Crippen molar-refractivity contribution >= 4 is 17.4 Å². The van der Waals surface area contributed by atoms with Gasteiger partial charge in [0.25, 0.3) is 0 Å². The molecule has 2 aromatic rings. The van der Waals surface area contributed by atoms with Crippen LogP contribution in [0.15, 0.2) is 48.5 Å². The van der Waals surface area contributed by atoms with E-state index in [9.17, 15) is 9.90 Å². The molecule has 1 aliphatic carbocycles. The Morgan fingerprint density at radius 2 is 2.04 bits per heavy atom. The van der Waals surface area contributed by atoms with Crippen LogP contribution in [0.4, 0.5) is 16.2 Å². The lowest BCUT2D eigenvalue weighted by Crippen LogP contribution is -2.34. The predicted molar refractivity (Wildman–Crippen MR) is 98.9 cm³/mol. The third-order valence-electron chi connectivity index (χ3n) is 5.23. The summed E-state index contributed by atoms with van der Waals surface area (Å²) in [5.74, 6) is 1.01. The van der Waals surface area contributed by atoms with Gasteiger partial charge in [0.1, 0.15) is 5.75 Å². The van der Waals surface area contributed by atoms with Crippen molar-refractivity contribution < 1.29 is 9.90 Å². The molecule has 5 heteroatoms. The summed E-state index contributed by atoms with van der Waals surface area (Å²) in [7, 11) is 0. The average Bonchev–Trinajstić information content (AvgIpc) is 3.24. The minimum Gasteiger partial charge on any atom is -0.508 e. The van der Waals surface area contributed by atoms with Crippen molar-refractivity contribution in [3.8, 4) is 5.75 Å². The number of aromatic hydroxyl groups is 1. The van der Waals surface area contributed by atoms with Gasteiger partial charge in [0, 0.05) is 19.1 Å². The summed E-state index contributed by atoms with van der Waals surface area (Å²) in [5.41, 5.74) is 2.82. The monoisotopic (exact) mass is 337 g/mol. The van der Waals surface area contributed by atoms with E-state index in [1.807, 2.05) is 24.3 Å². The number of fused-ring (bicyclic) bond motifs is 2. The number of urea groups is 1.